The van der Waals surface area contributed by atoms with E-state index in [1.807, 2.05) is 0 Å². The highest BCUT2D eigenvalue weighted by Gasteiger charge is 2.08. The van der Waals surface area contributed by atoms with Crippen molar-refractivity contribution in [2.75, 3.05) is 32.8 Å². The minimum atomic E-state index is 0.906. The molecule has 0 aromatic carbocycles. The lowest BCUT2D eigenvalue weighted by atomic mass is 10.2. The molecule has 0 bridgehead atoms. The number of nitrogens with zero attached hydrogens (tertiary/aromatic N) is 1. The van der Waals surface area contributed by atoms with E-state index >= 15 is 0 Å². The lowest BCUT2D eigenvalue weighted by Crippen LogP contribution is -2.43. The Morgan fingerprint density at radius 1 is 1.07 bits per heavy atom. The van der Waals surface area contributed by atoms with Crippen LogP contribution in [0.1, 0.15) is 39.0 Å². The Kier molecular flexibility index (Phi) is 7.01. The van der Waals surface area contributed by atoms with Gasteiger partial charge in [-0.2, -0.15) is 5.06 Å². The van der Waals surface area contributed by atoms with Crippen LogP contribution in [-0.4, -0.2) is 37.8 Å². The van der Waals surface area contributed by atoms with E-state index in [9.17, 15) is 0 Å². The third-order valence-corrected chi connectivity index (χ3v) is 2.60. The van der Waals surface area contributed by atoms with Crippen molar-refractivity contribution in [2.45, 2.75) is 39.0 Å². The van der Waals surface area contributed by atoms with Crippen molar-refractivity contribution in [1.82, 2.24) is 10.4 Å². The predicted octanol–water partition coefficient (Wildman–Crippen LogP) is 1.79. The molecule has 0 atom stereocenters. The van der Waals surface area contributed by atoms with Crippen LogP contribution < -0.4 is 5.32 Å². The van der Waals surface area contributed by atoms with Crippen LogP contribution >= 0.6 is 0 Å². The first-order valence-corrected chi connectivity index (χ1v) is 6.02. The molecule has 0 aliphatic carbocycles. The minimum Gasteiger partial charge on any atom is -0.314 e. The molecule has 0 aromatic heterocycles. The zero-order chi connectivity index (χ0) is 10.1. The van der Waals surface area contributed by atoms with Crippen LogP contribution in [0.3, 0.4) is 0 Å². The fraction of sp³-hybridized carbons (Fsp3) is 1.00. The number of hydrogen-bond donors (Lipinski definition) is 1. The van der Waals surface area contributed by atoms with Gasteiger partial charge >= 0.3 is 0 Å². The molecule has 0 aromatic rings. The van der Waals surface area contributed by atoms with Gasteiger partial charge in [-0.05, 0) is 6.42 Å². The van der Waals surface area contributed by atoms with Crippen molar-refractivity contribution in [3.8, 4) is 0 Å². The Bertz CT molecular complexity index is 124. The van der Waals surface area contributed by atoms with Crippen molar-refractivity contribution in [3.63, 3.8) is 0 Å². The number of piperazine rings is 1. The van der Waals surface area contributed by atoms with Crippen LogP contribution in [0.4, 0.5) is 0 Å². The molecule has 1 rings (SSSR count). The SMILES string of the molecule is CCCCCCCON1CCNCC1. The average molecular weight is 200 g/mol. The summed E-state index contributed by atoms with van der Waals surface area (Å²) in [6.07, 6.45) is 6.58. The molecule has 0 saturated carbocycles. The first-order chi connectivity index (χ1) is 6.93. The smallest absolute Gasteiger partial charge is 0.0685 e. The first-order valence-electron chi connectivity index (χ1n) is 6.02. The van der Waals surface area contributed by atoms with E-state index in [4.69, 9.17) is 4.84 Å². The fourth-order valence-corrected chi connectivity index (χ4v) is 1.67. The van der Waals surface area contributed by atoms with Crippen LogP contribution in [-0.2, 0) is 4.84 Å². The van der Waals surface area contributed by atoms with Crippen molar-refractivity contribution in [1.29, 1.82) is 0 Å². The van der Waals surface area contributed by atoms with E-state index < -0.39 is 0 Å². The molecule has 0 unspecified atom stereocenters. The van der Waals surface area contributed by atoms with Gasteiger partial charge in [0.1, 0.15) is 0 Å². The molecule has 84 valence electrons. The summed E-state index contributed by atoms with van der Waals surface area (Å²) < 4.78 is 0. The predicted molar refractivity (Wildman–Crippen MR) is 59.2 cm³/mol. The normalized spacial score (nSPS) is 18.6. The summed E-state index contributed by atoms with van der Waals surface area (Å²) in [6, 6.07) is 0. The Hall–Kier alpha value is -0.120. The molecular weight excluding hydrogens is 176 g/mol. The van der Waals surface area contributed by atoms with Gasteiger partial charge < -0.3 is 5.32 Å². The summed E-state index contributed by atoms with van der Waals surface area (Å²) in [5.41, 5.74) is 0. The largest absolute Gasteiger partial charge is 0.314 e. The quantitative estimate of drug-likeness (QED) is 0.634. The maximum Gasteiger partial charge on any atom is 0.0685 e. The molecule has 0 amide bonds. The number of hydroxylamine groups is 2. The molecule has 3 nitrogen and oxygen atoms in total. The van der Waals surface area contributed by atoms with Gasteiger partial charge in [-0.1, -0.05) is 32.6 Å². The molecule has 1 fully saturated rings. The van der Waals surface area contributed by atoms with Crippen LogP contribution in [0, 0.1) is 0 Å². The van der Waals surface area contributed by atoms with Crippen molar-refractivity contribution < 1.29 is 4.84 Å². The third-order valence-electron chi connectivity index (χ3n) is 2.60. The monoisotopic (exact) mass is 200 g/mol. The summed E-state index contributed by atoms with van der Waals surface area (Å²) in [4.78, 5) is 5.66. The zero-order valence-corrected chi connectivity index (χ0v) is 9.43. The Balaban J connectivity index is 1.82. The highest BCUT2D eigenvalue weighted by molar-refractivity contribution is 4.60. The van der Waals surface area contributed by atoms with Crippen LogP contribution in [0.15, 0.2) is 0 Å². The van der Waals surface area contributed by atoms with E-state index in [-0.39, 0.29) is 0 Å². The van der Waals surface area contributed by atoms with Crippen LogP contribution in [0.5, 0.6) is 0 Å². The summed E-state index contributed by atoms with van der Waals surface area (Å²) in [5.74, 6) is 0. The molecule has 1 N–H and O–H groups in total. The summed E-state index contributed by atoms with van der Waals surface area (Å²) in [5, 5.41) is 5.40. The molecule has 1 saturated heterocycles. The number of nitrogens with one attached hydrogen (secondary N) is 1. The molecular formula is C11H24N2O. The van der Waals surface area contributed by atoms with Gasteiger partial charge in [0.05, 0.1) is 6.61 Å². The standard InChI is InChI=1S/C11H24N2O/c1-2-3-4-5-6-11-14-13-9-7-12-8-10-13/h12H,2-11H2,1H3. The summed E-state index contributed by atoms with van der Waals surface area (Å²) in [6.45, 7) is 7.36. The lowest BCUT2D eigenvalue weighted by Gasteiger charge is -2.26. The highest BCUT2D eigenvalue weighted by Crippen LogP contribution is 2.03. The van der Waals surface area contributed by atoms with Gasteiger partial charge in [-0.3, -0.25) is 4.84 Å². The Labute approximate surface area is 87.8 Å². The van der Waals surface area contributed by atoms with Gasteiger partial charge in [0.25, 0.3) is 0 Å². The molecule has 1 aliphatic rings. The van der Waals surface area contributed by atoms with E-state index in [1.165, 1.54) is 32.1 Å². The van der Waals surface area contributed by atoms with Gasteiger partial charge in [0, 0.05) is 26.2 Å². The Morgan fingerprint density at radius 2 is 1.79 bits per heavy atom. The van der Waals surface area contributed by atoms with E-state index in [0.29, 0.717) is 0 Å². The minimum absolute atomic E-state index is 0.906. The molecule has 3 heteroatoms. The van der Waals surface area contributed by atoms with Gasteiger partial charge in [0.15, 0.2) is 0 Å². The molecule has 14 heavy (non-hydrogen) atoms. The fourth-order valence-electron chi connectivity index (χ4n) is 1.67. The van der Waals surface area contributed by atoms with E-state index in [2.05, 4.69) is 17.3 Å². The van der Waals surface area contributed by atoms with Gasteiger partial charge in [-0.25, -0.2) is 0 Å². The molecule has 1 heterocycles. The second kappa shape index (κ2) is 8.21. The van der Waals surface area contributed by atoms with Crippen LogP contribution in [0.25, 0.3) is 0 Å². The number of hydrogen-bond acceptors (Lipinski definition) is 3. The molecule has 1 aliphatic heterocycles. The van der Waals surface area contributed by atoms with E-state index in [1.54, 1.807) is 0 Å². The van der Waals surface area contributed by atoms with Crippen molar-refractivity contribution in [3.05, 3.63) is 0 Å². The third kappa shape index (κ3) is 5.58. The molecule has 0 radical (unpaired) electrons. The van der Waals surface area contributed by atoms with Crippen molar-refractivity contribution >= 4 is 0 Å². The number of unbranched alkanes of at least 4 members (excludes halogenated alkanes) is 4. The highest BCUT2D eigenvalue weighted by atomic mass is 16.7. The van der Waals surface area contributed by atoms with Gasteiger partial charge in [-0.15, -0.1) is 0 Å². The molecule has 0 spiro atoms. The average Bonchev–Trinajstić information content (AvgIpc) is 2.25. The second-order valence-electron chi connectivity index (χ2n) is 3.93. The van der Waals surface area contributed by atoms with Crippen molar-refractivity contribution in [2.24, 2.45) is 0 Å². The maximum absolute atomic E-state index is 5.66. The first kappa shape index (κ1) is 12.0. The maximum atomic E-state index is 5.66. The van der Waals surface area contributed by atoms with E-state index in [0.717, 1.165) is 32.8 Å². The summed E-state index contributed by atoms with van der Waals surface area (Å²) in [7, 11) is 0. The topological polar surface area (TPSA) is 24.5 Å². The summed E-state index contributed by atoms with van der Waals surface area (Å²) >= 11 is 0. The lowest BCUT2D eigenvalue weighted by molar-refractivity contribution is -0.165. The van der Waals surface area contributed by atoms with Gasteiger partial charge in [0.2, 0.25) is 0 Å². The Morgan fingerprint density at radius 3 is 2.50 bits per heavy atom. The zero-order valence-electron chi connectivity index (χ0n) is 9.43. The van der Waals surface area contributed by atoms with Crippen LogP contribution in [0.2, 0.25) is 0 Å². The number of rotatable bonds is 7. The second-order valence-corrected chi connectivity index (χ2v) is 3.93.